The first-order valence-corrected chi connectivity index (χ1v) is 8.95. The van der Waals surface area contributed by atoms with Crippen LogP contribution in [-0.4, -0.2) is 28.1 Å². The van der Waals surface area contributed by atoms with Crippen molar-refractivity contribution in [3.05, 3.63) is 35.6 Å². The molecular formula is C15H25FO3Si. The Morgan fingerprint density at radius 2 is 1.70 bits per heavy atom. The van der Waals surface area contributed by atoms with E-state index in [1.165, 1.54) is 6.07 Å². The lowest BCUT2D eigenvalue weighted by atomic mass is 10.2. The van der Waals surface area contributed by atoms with E-state index in [1.54, 1.807) is 19.2 Å². The van der Waals surface area contributed by atoms with E-state index in [2.05, 4.69) is 0 Å². The molecule has 0 aliphatic heterocycles. The average molecular weight is 300 g/mol. The first-order valence-electron chi connectivity index (χ1n) is 7.02. The molecule has 0 aliphatic carbocycles. The molecule has 1 aromatic rings. The lowest BCUT2D eigenvalue weighted by Gasteiger charge is -2.31. The molecule has 0 radical (unpaired) electrons. The Balaban J connectivity index is 2.77. The number of aryl methyl sites for hydroxylation is 1. The molecule has 0 fully saturated rings. The SMILES string of the molecule is CO[Si](CCc1cccc(F)c1)(OC(C)C)OC(C)C. The van der Waals surface area contributed by atoms with Crippen LogP contribution in [0.5, 0.6) is 0 Å². The first-order chi connectivity index (χ1) is 9.37. The molecular weight excluding hydrogens is 275 g/mol. The second-order valence-corrected chi connectivity index (χ2v) is 8.10. The molecule has 0 amide bonds. The van der Waals surface area contributed by atoms with Crippen molar-refractivity contribution in [1.82, 2.24) is 0 Å². The molecule has 0 bridgehead atoms. The van der Waals surface area contributed by atoms with Crippen molar-refractivity contribution in [1.29, 1.82) is 0 Å². The van der Waals surface area contributed by atoms with Gasteiger partial charge in [-0.1, -0.05) is 12.1 Å². The van der Waals surface area contributed by atoms with E-state index in [9.17, 15) is 4.39 Å². The van der Waals surface area contributed by atoms with Crippen LogP contribution >= 0.6 is 0 Å². The van der Waals surface area contributed by atoms with Gasteiger partial charge in [0.15, 0.2) is 0 Å². The van der Waals surface area contributed by atoms with E-state index in [-0.39, 0.29) is 18.0 Å². The van der Waals surface area contributed by atoms with Gasteiger partial charge in [0.2, 0.25) is 0 Å². The van der Waals surface area contributed by atoms with Crippen LogP contribution in [0.4, 0.5) is 4.39 Å². The van der Waals surface area contributed by atoms with E-state index < -0.39 is 8.80 Å². The molecule has 0 heterocycles. The Labute approximate surface area is 122 Å². The summed E-state index contributed by atoms with van der Waals surface area (Å²) in [6.07, 6.45) is 0.748. The second-order valence-electron chi connectivity index (χ2n) is 5.35. The number of rotatable bonds is 8. The van der Waals surface area contributed by atoms with Crippen LogP contribution in [0.3, 0.4) is 0 Å². The third kappa shape index (κ3) is 5.71. The molecule has 0 atom stereocenters. The van der Waals surface area contributed by atoms with Crippen LogP contribution in [0.1, 0.15) is 33.3 Å². The summed E-state index contributed by atoms with van der Waals surface area (Å²) in [5.41, 5.74) is 0.929. The van der Waals surface area contributed by atoms with Gasteiger partial charge in [-0.3, -0.25) is 0 Å². The highest BCUT2D eigenvalue weighted by Crippen LogP contribution is 2.22. The average Bonchev–Trinajstić information content (AvgIpc) is 2.35. The molecule has 0 N–H and O–H groups in total. The Bertz CT molecular complexity index is 400. The van der Waals surface area contributed by atoms with E-state index in [0.717, 1.165) is 5.56 Å². The van der Waals surface area contributed by atoms with E-state index in [0.29, 0.717) is 12.5 Å². The molecule has 114 valence electrons. The van der Waals surface area contributed by atoms with Gasteiger partial charge in [-0.05, 0) is 51.8 Å². The zero-order chi connectivity index (χ0) is 15.2. The van der Waals surface area contributed by atoms with Crippen LogP contribution in [-0.2, 0) is 19.7 Å². The molecule has 0 spiro atoms. The largest absolute Gasteiger partial charge is 0.501 e. The quantitative estimate of drug-likeness (QED) is 0.683. The van der Waals surface area contributed by atoms with E-state index in [1.807, 2.05) is 33.8 Å². The lowest BCUT2D eigenvalue weighted by molar-refractivity contribution is 0.0329. The first kappa shape index (κ1) is 17.3. The Hall–Kier alpha value is -0.753. The summed E-state index contributed by atoms with van der Waals surface area (Å²) in [5, 5.41) is 0. The number of benzene rings is 1. The fraction of sp³-hybridized carbons (Fsp3) is 0.600. The molecule has 0 saturated heterocycles. The predicted molar refractivity (Wildman–Crippen MR) is 80.1 cm³/mol. The Morgan fingerprint density at radius 3 is 2.15 bits per heavy atom. The molecule has 0 saturated carbocycles. The van der Waals surface area contributed by atoms with Crippen LogP contribution in [0.2, 0.25) is 6.04 Å². The normalized spacial score (nSPS) is 12.4. The van der Waals surface area contributed by atoms with Crippen LogP contribution in [0.15, 0.2) is 24.3 Å². The number of hydrogen-bond acceptors (Lipinski definition) is 3. The van der Waals surface area contributed by atoms with Crippen molar-refractivity contribution in [3.63, 3.8) is 0 Å². The smallest absolute Gasteiger partial charge is 0.377 e. The van der Waals surface area contributed by atoms with Crippen molar-refractivity contribution in [3.8, 4) is 0 Å². The van der Waals surface area contributed by atoms with Gasteiger partial charge in [-0.15, -0.1) is 0 Å². The van der Waals surface area contributed by atoms with Gasteiger partial charge in [0.05, 0.1) is 0 Å². The highest BCUT2D eigenvalue weighted by molar-refractivity contribution is 6.60. The highest BCUT2D eigenvalue weighted by Gasteiger charge is 2.41. The van der Waals surface area contributed by atoms with Gasteiger partial charge in [0.1, 0.15) is 5.82 Å². The van der Waals surface area contributed by atoms with Crippen LogP contribution in [0, 0.1) is 5.82 Å². The molecule has 3 nitrogen and oxygen atoms in total. The van der Waals surface area contributed by atoms with Crippen molar-refractivity contribution >= 4 is 8.80 Å². The maximum Gasteiger partial charge on any atom is 0.501 e. The zero-order valence-corrected chi connectivity index (χ0v) is 14.0. The third-order valence-corrected chi connectivity index (χ3v) is 5.90. The fourth-order valence-corrected chi connectivity index (χ4v) is 4.77. The van der Waals surface area contributed by atoms with Crippen molar-refractivity contribution < 1.29 is 17.7 Å². The lowest BCUT2D eigenvalue weighted by Crippen LogP contribution is -2.48. The highest BCUT2D eigenvalue weighted by atomic mass is 28.4. The Morgan fingerprint density at radius 1 is 1.10 bits per heavy atom. The fourth-order valence-electron chi connectivity index (χ4n) is 2.05. The summed E-state index contributed by atoms with van der Waals surface area (Å²) in [7, 11) is -1.09. The summed E-state index contributed by atoms with van der Waals surface area (Å²) in [4.78, 5) is 0. The zero-order valence-electron chi connectivity index (χ0n) is 13.0. The van der Waals surface area contributed by atoms with Crippen molar-refractivity contribution in [2.24, 2.45) is 0 Å². The number of hydrogen-bond donors (Lipinski definition) is 0. The van der Waals surface area contributed by atoms with Crippen LogP contribution in [0.25, 0.3) is 0 Å². The molecule has 1 aromatic carbocycles. The maximum absolute atomic E-state index is 13.2. The molecule has 0 aliphatic rings. The summed E-state index contributed by atoms with van der Waals surface area (Å²) >= 11 is 0. The van der Waals surface area contributed by atoms with Gasteiger partial charge in [-0.25, -0.2) is 4.39 Å². The van der Waals surface area contributed by atoms with Gasteiger partial charge in [0, 0.05) is 25.4 Å². The van der Waals surface area contributed by atoms with Crippen LogP contribution < -0.4 is 0 Å². The minimum absolute atomic E-state index is 0.0351. The molecule has 1 rings (SSSR count). The Kier molecular flexibility index (Phi) is 6.81. The second kappa shape index (κ2) is 7.88. The monoisotopic (exact) mass is 300 g/mol. The summed E-state index contributed by atoms with van der Waals surface area (Å²) in [6, 6.07) is 7.25. The number of halogens is 1. The molecule has 0 unspecified atom stereocenters. The summed E-state index contributed by atoms with van der Waals surface area (Å²) in [5.74, 6) is -0.221. The molecule has 20 heavy (non-hydrogen) atoms. The molecule has 0 aromatic heterocycles. The van der Waals surface area contributed by atoms with Gasteiger partial charge < -0.3 is 13.3 Å². The topological polar surface area (TPSA) is 27.7 Å². The maximum atomic E-state index is 13.2. The minimum Gasteiger partial charge on any atom is -0.377 e. The predicted octanol–water partition coefficient (Wildman–Crippen LogP) is 3.80. The van der Waals surface area contributed by atoms with Gasteiger partial charge in [-0.2, -0.15) is 0 Å². The van der Waals surface area contributed by atoms with E-state index >= 15 is 0 Å². The van der Waals surface area contributed by atoms with Gasteiger partial charge in [0.25, 0.3) is 0 Å². The van der Waals surface area contributed by atoms with Gasteiger partial charge >= 0.3 is 8.80 Å². The minimum atomic E-state index is -2.72. The van der Waals surface area contributed by atoms with E-state index in [4.69, 9.17) is 13.3 Å². The summed E-state index contributed by atoms with van der Waals surface area (Å²) < 4.78 is 30.7. The molecule has 5 heteroatoms. The summed E-state index contributed by atoms with van der Waals surface area (Å²) in [6.45, 7) is 7.86. The standard InChI is InChI=1S/C15H25FO3Si/c1-12(2)18-20(17-5,19-13(3)4)10-9-14-7-6-8-15(16)11-14/h6-8,11-13H,9-10H2,1-5H3. The van der Waals surface area contributed by atoms with Crippen molar-refractivity contribution in [2.75, 3.05) is 7.11 Å². The third-order valence-electron chi connectivity index (χ3n) is 2.75. The van der Waals surface area contributed by atoms with Crippen molar-refractivity contribution in [2.45, 2.75) is 52.4 Å².